The molecule has 3 fully saturated rings. The fraction of sp³-hybridized carbons (Fsp3) is 0.947. The van der Waals surface area contributed by atoms with Crippen LogP contribution in [0.4, 0.5) is 0 Å². The number of hydrogen-bond donors (Lipinski definition) is 2. The van der Waals surface area contributed by atoms with Gasteiger partial charge in [0, 0.05) is 44.2 Å². The summed E-state index contributed by atoms with van der Waals surface area (Å²) in [6.45, 7) is 4.98. The predicted octanol–water partition coefficient (Wildman–Crippen LogP) is 2.37. The molecule has 0 aromatic rings. The third kappa shape index (κ3) is 3.57. The molecular formula is C19H36N4O. The minimum atomic E-state index is 0.383. The van der Waals surface area contributed by atoms with E-state index in [1.165, 1.54) is 44.9 Å². The predicted molar refractivity (Wildman–Crippen MR) is 99.5 cm³/mol. The Morgan fingerprint density at radius 3 is 2.58 bits per heavy atom. The maximum Gasteiger partial charge on any atom is 0.191 e. The maximum atomic E-state index is 5.94. The van der Waals surface area contributed by atoms with Gasteiger partial charge in [-0.15, -0.1) is 0 Å². The topological polar surface area (TPSA) is 48.9 Å². The summed E-state index contributed by atoms with van der Waals surface area (Å²) in [5.74, 6) is 0.959. The molecule has 0 bridgehead atoms. The molecule has 3 aliphatic carbocycles. The van der Waals surface area contributed by atoms with Crippen LogP contribution in [0, 0.1) is 5.41 Å². The standard InChI is InChI=1S/C19H36N4O/c1-4-24-17-14-16(19(17)10-7-11-19)22-18(20-2)21-12-13-23(3)15-8-5-6-9-15/h15-17H,4-14H2,1-3H3,(H2,20,21,22). The van der Waals surface area contributed by atoms with Gasteiger partial charge in [-0.2, -0.15) is 0 Å². The second-order valence-electron chi connectivity index (χ2n) is 7.88. The molecule has 0 amide bonds. The smallest absolute Gasteiger partial charge is 0.191 e. The Morgan fingerprint density at radius 1 is 1.25 bits per heavy atom. The molecule has 24 heavy (non-hydrogen) atoms. The van der Waals surface area contributed by atoms with E-state index in [-0.39, 0.29) is 0 Å². The van der Waals surface area contributed by atoms with Crippen molar-refractivity contribution >= 4 is 5.96 Å². The van der Waals surface area contributed by atoms with Crippen molar-refractivity contribution in [3.8, 4) is 0 Å². The van der Waals surface area contributed by atoms with Crippen LogP contribution in [0.1, 0.15) is 58.3 Å². The average molecular weight is 337 g/mol. The zero-order chi connectivity index (χ0) is 17.0. The van der Waals surface area contributed by atoms with Gasteiger partial charge in [0.05, 0.1) is 6.10 Å². The molecule has 0 saturated heterocycles. The largest absolute Gasteiger partial charge is 0.378 e. The van der Waals surface area contributed by atoms with Crippen LogP contribution in [0.25, 0.3) is 0 Å². The van der Waals surface area contributed by atoms with Crippen LogP contribution in [0.15, 0.2) is 4.99 Å². The van der Waals surface area contributed by atoms with Crippen LogP contribution >= 0.6 is 0 Å². The van der Waals surface area contributed by atoms with E-state index in [1.807, 2.05) is 7.05 Å². The van der Waals surface area contributed by atoms with E-state index in [0.29, 0.717) is 17.6 Å². The summed E-state index contributed by atoms with van der Waals surface area (Å²) >= 11 is 0. The quantitative estimate of drug-likeness (QED) is 0.553. The first-order valence-corrected chi connectivity index (χ1v) is 9.98. The van der Waals surface area contributed by atoms with Gasteiger partial charge in [0.15, 0.2) is 5.96 Å². The van der Waals surface area contributed by atoms with Gasteiger partial charge >= 0.3 is 0 Å². The number of aliphatic imine (C=N–C) groups is 1. The van der Waals surface area contributed by atoms with Crippen LogP contribution in [0.3, 0.4) is 0 Å². The molecule has 3 rings (SSSR count). The molecule has 138 valence electrons. The highest BCUT2D eigenvalue weighted by atomic mass is 16.5. The summed E-state index contributed by atoms with van der Waals surface area (Å²) < 4.78 is 5.94. The lowest BCUT2D eigenvalue weighted by Crippen LogP contribution is -2.68. The fourth-order valence-electron chi connectivity index (χ4n) is 4.88. The molecule has 5 heteroatoms. The number of nitrogens with one attached hydrogen (secondary N) is 2. The van der Waals surface area contributed by atoms with Crippen molar-refractivity contribution in [1.82, 2.24) is 15.5 Å². The zero-order valence-corrected chi connectivity index (χ0v) is 15.8. The van der Waals surface area contributed by atoms with Crippen LogP contribution in [-0.4, -0.2) is 62.8 Å². The fourth-order valence-corrected chi connectivity index (χ4v) is 4.88. The Kier molecular flexibility index (Phi) is 6.03. The third-order valence-electron chi connectivity index (χ3n) is 6.68. The van der Waals surface area contributed by atoms with Crippen LogP contribution in [-0.2, 0) is 4.74 Å². The highest BCUT2D eigenvalue weighted by molar-refractivity contribution is 5.80. The second kappa shape index (κ2) is 8.05. The molecule has 2 N–H and O–H groups in total. The van der Waals surface area contributed by atoms with Gasteiger partial charge in [-0.05, 0) is 46.1 Å². The maximum absolute atomic E-state index is 5.94. The average Bonchev–Trinajstić information content (AvgIpc) is 3.04. The van der Waals surface area contributed by atoms with Crippen molar-refractivity contribution < 1.29 is 4.74 Å². The van der Waals surface area contributed by atoms with Crippen molar-refractivity contribution in [2.24, 2.45) is 10.4 Å². The Morgan fingerprint density at radius 2 is 2.00 bits per heavy atom. The minimum absolute atomic E-state index is 0.383. The summed E-state index contributed by atoms with van der Waals surface area (Å²) in [4.78, 5) is 6.94. The van der Waals surface area contributed by atoms with Gasteiger partial charge in [0.2, 0.25) is 0 Å². The minimum Gasteiger partial charge on any atom is -0.378 e. The van der Waals surface area contributed by atoms with Gasteiger partial charge in [-0.1, -0.05) is 19.3 Å². The molecule has 0 aromatic heterocycles. The molecule has 0 heterocycles. The summed E-state index contributed by atoms with van der Waals surface area (Å²) in [6, 6.07) is 1.32. The lowest BCUT2D eigenvalue weighted by atomic mass is 9.51. The van der Waals surface area contributed by atoms with Gasteiger partial charge in [-0.25, -0.2) is 0 Å². The molecule has 1 spiro atoms. The highest BCUT2D eigenvalue weighted by Crippen LogP contribution is 2.57. The summed E-state index contributed by atoms with van der Waals surface area (Å²) in [6.07, 6.45) is 11.1. The molecule has 0 aliphatic heterocycles. The first-order valence-electron chi connectivity index (χ1n) is 9.98. The Bertz CT molecular complexity index is 429. The van der Waals surface area contributed by atoms with E-state index >= 15 is 0 Å². The Hall–Kier alpha value is -0.810. The molecular weight excluding hydrogens is 300 g/mol. The van der Waals surface area contributed by atoms with E-state index in [1.54, 1.807) is 0 Å². The number of nitrogens with zero attached hydrogens (tertiary/aromatic N) is 2. The number of likely N-dealkylation sites (N-methyl/N-ethyl adjacent to an activating group) is 1. The Labute approximate surface area is 147 Å². The van der Waals surface area contributed by atoms with Crippen molar-refractivity contribution in [2.45, 2.75) is 76.5 Å². The first kappa shape index (κ1) is 18.0. The van der Waals surface area contributed by atoms with Gasteiger partial charge in [0.1, 0.15) is 0 Å². The Balaban J connectivity index is 1.41. The number of guanidine groups is 1. The van der Waals surface area contributed by atoms with Crippen molar-refractivity contribution in [3.05, 3.63) is 0 Å². The van der Waals surface area contributed by atoms with Crippen molar-refractivity contribution in [2.75, 3.05) is 33.8 Å². The van der Waals surface area contributed by atoms with E-state index in [4.69, 9.17) is 4.74 Å². The summed E-state index contributed by atoms with van der Waals surface area (Å²) in [5, 5.41) is 7.18. The summed E-state index contributed by atoms with van der Waals surface area (Å²) in [7, 11) is 4.14. The normalized spacial score (nSPS) is 29.6. The molecule has 2 unspecified atom stereocenters. The molecule has 0 radical (unpaired) electrons. The van der Waals surface area contributed by atoms with E-state index in [2.05, 4.69) is 34.5 Å². The van der Waals surface area contributed by atoms with Gasteiger partial charge < -0.3 is 20.3 Å². The van der Waals surface area contributed by atoms with Crippen molar-refractivity contribution in [1.29, 1.82) is 0 Å². The molecule has 3 aliphatic rings. The third-order valence-corrected chi connectivity index (χ3v) is 6.68. The van der Waals surface area contributed by atoms with Crippen LogP contribution in [0.2, 0.25) is 0 Å². The SMILES string of the molecule is CCOC1CC(NC(=NC)NCCN(C)C2CCCC2)C12CCC2. The van der Waals surface area contributed by atoms with E-state index in [9.17, 15) is 0 Å². The lowest BCUT2D eigenvalue weighted by Gasteiger charge is -2.61. The molecule has 0 aromatic carbocycles. The van der Waals surface area contributed by atoms with Gasteiger partial charge in [0.25, 0.3) is 0 Å². The molecule has 2 atom stereocenters. The first-order chi connectivity index (χ1) is 11.7. The van der Waals surface area contributed by atoms with Crippen LogP contribution < -0.4 is 10.6 Å². The van der Waals surface area contributed by atoms with E-state index in [0.717, 1.165) is 38.1 Å². The number of hydrogen-bond acceptors (Lipinski definition) is 3. The van der Waals surface area contributed by atoms with E-state index < -0.39 is 0 Å². The summed E-state index contributed by atoms with van der Waals surface area (Å²) in [5.41, 5.74) is 0.383. The zero-order valence-electron chi connectivity index (χ0n) is 15.8. The molecule has 3 saturated carbocycles. The number of ether oxygens (including phenoxy) is 1. The van der Waals surface area contributed by atoms with Crippen molar-refractivity contribution in [3.63, 3.8) is 0 Å². The molecule has 5 nitrogen and oxygen atoms in total. The monoisotopic (exact) mass is 336 g/mol. The highest BCUT2D eigenvalue weighted by Gasteiger charge is 2.59. The second-order valence-corrected chi connectivity index (χ2v) is 7.88. The van der Waals surface area contributed by atoms with Crippen LogP contribution in [0.5, 0.6) is 0 Å². The van der Waals surface area contributed by atoms with Gasteiger partial charge in [-0.3, -0.25) is 4.99 Å². The number of rotatable bonds is 7. The lowest BCUT2D eigenvalue weighted by molar-refractivity contribution is -0.168.